The molecule has 0 aliphatic rings. The normalized spacial score (nSPS) is 11.1. The molecule has 1 heterocycles. The average molecular weight is 369 g/mol. The van der Waals surface area contributed by atoms with Crippen LogP contribution in [0.25, 0.3) is 11.0 Å². The lowest BCUT2D eigenvalue weighted by Crippen LogP contribution is -2.09. The van der Waals surface area contributed by atoms with Crippen molar-refractivity contribution in [3.8, 4) is 0 Å². The van der Waals surface area contributed by atoms with E-state index < -0.39 is 10.9 Å². The van der Waals surface area contributed by atoms with Gasteiger partial charge in [-0.3, -0.25) is 10.1 Å². The predicted octanol–water partition coefficient (Wildman–Crippen LogP) is 4.62. The highest BCUT2D eigenvalue weighted by Crippen LogP contribution is 2.28. The van der Waals surface area contributed by atoms with Crippen molar-refractivity contribution in [1.82, 2.24) is 0 Å². The quantitative estimate of drug-likeness (QED) is 0.343. The Labute approximate surface area is 155 Å². The fourth-order valence-corrected chi connectivity index (χ4v) is 2.63. The number of para-hydroxylation sites is 1. The van der Waals surface area contributed by atoms with Crippen LogP contribution < -0.4 is 0 Å². The Hall–Kier alpha value is -3.19. The number of non-ortho nitro benzene ring substituents is 1. The minimum absolute atomic E-state index is 0.00704. The molecule has 1 aromatic heterocycles. The Balaban J connectivity index is 1.81. The van der Waals surface area contributed by atoms with Gasteiger partial charge >= 0.3 is 5.97 Å². The highest BCUT2D eigenvalue weighted by Gasteiger charge is 2.22. The van der Waals surface area contributed by atoms with Gasteiger partial charge in [0.25, 0.3) is 5.69 Å². The lowest BCUT2D eigenvalue weighted by molar-refractivity contribution is -0.384. The predicted molar refractivity (Wildman–Crippen MR) is 98.4 cm³/mol. The molecular weight excluding hydrogens is 350 g/mol. The van der Waals surface area contributed by atoms with Crippen molar-refractivity contribution in [1.29, 1.82) is 0 Å². The van der Waals surface area contributed by atoms with Crippen LogP contribution >= 0.6 is 0 Å². The van der Waals surface area contributed by atoms with Crippen LogP contribution in [-0.4, -0.2) is 17.0 Å². The number of esters is 1. The first kappa shape index (κ1) is 18.6. The fraction of sp³-hybridized carbons (Fsp3) is 0.250. The highest BCUT2D eigenvalue weighted by molar-refractivity contribution is 5.96. The molecule has 0 fully saturated rings. The second kappa shape index (κ2) is 8.01. The van der Waals surface area contributed by atoms with Gasteiger partial charge in [-0.1, -0.05) is 30.3 Å². The summed E-state index contributed by atoms with van der Waals surface area (Å²) in [6.45, 7) is 3.93. The van der Waals surface area contributed by atoms with Crippen molar-refractivity contribution in [2.75, 3.05) is 0 Å². The molecule has 0 saturated heterocycles. The summed E-state index contributed by atoms with van der Waals surface area (Å²) in [5.74, 6) is -0.553. The van der Waals surface area contributed by atoms with Crippen LogP contribution in [0, 0.1) is 10.1 Å². The molecule has 3 aromatic rings. The van der Waals surface area contributed by atoms with Gasteiger partial charge in [-0.05, 0) is 25.5 Å². The van der Waals surface area contributed by atoms with Crippen LogP contribution in [0.3, 0.4) is 0 Å². The molecule has 0 unspecified atom stereocenters. The number of carbonyl (C=O) groups is 1. The van der Waals surface area contributed by atoms with Crippen molar-refractivity contribution in [2.24, 2.45) is 0 Å². The van der Waals surface area contributed by atoms with Crippen molar-refractivity contribution in [3.05, 3.63) is 75.5 Å². The second-order valence-electron chi connectivity index (χ2n) is 6.27. The SMILES string of the molecule is CC(C)OCc1c(C(=O)OCc2cccc([N+](=O)[O-])c2)oc2ccccc12. The largest absolute Gasteiger partial charge is 0.455 e. The maximum absolute atomic E-state index is 12.6. The van der Waals surface area contributed by atoms with E-state index in [-0.39, 0.29) is 30.8 Å². The van der Waals surface area contributed by atoms with E-state index in [0.29, 0.717) is 16.7 Å². The van der Waals surface area contributed by atoms with Crippen LogP contribution in [0.5, 0.6) is 0 Å². The van der Waals surface area contributed by atoms with E-state index in [0.717, 1.165) is 5.39 Å². The third-order valence-electron chi connectivity index (χ3n) is 3.94. The maximum atomic E-state index is 12.6. The molecule has 3 rings (SSSR count). The number of furan rings is 1. The first-order valence-electron chi connectivity index (χ1n) is 8.48. The van der Waals surface area contributed by atoms with Gasteiger partial charge in [0, 0.05) is 23.1 Å². The molecule has 27 heavy (non-hydrogen) atoms. The fourth-order valence-electron chi connectivity index (χ4n) is 2.63. The van der Waals surface area contributed by atoms with Gasteiger partial charge in [-0.2, -0.15) is 0 Å². The molecule has 0 N–H and O–H groups in total. The van der Waals surface area contributed by atoms with Crippen molar-refractivity contribution >= 4 is 22.6 Å². The molecule has 0 bridgehead atoms. The first-order chi connectivity index (χ1) is 13.0. The molecule has 0 radical (unpaired) electrons. The molecule has 0 atom stereocenters. The van der Waals surface area contributed by atoms with Crippen molar-refractivity contribution < 1.29 is 23.6 Å². The lowest BCUT2D eigenvalue weighted by Gasteiger charge is -2.08. The van der Waals surface area contributed by atoms with Crippen LogP contribution in [0.1, 0.15) is 35.5 Å². The summed E-state index contributed by atoms with van der Waals surface area (Å²) in [7, 11) is 0. The Morgan fingerprint density at radius 1 is 1.15 bits per heavy atom. The van der Waals surface area contributed by atoms with Gasteiger partial charge in [0.1, 0.15) is 12.2 Å². The van der Waals surface area contributed by atoms with E-state index in [1.54, 1.807) is 18.2 Å². The van der Waals surface area contributed by atoms with Gasteiger partial charge in [-0.15, -0.1) is 0 Å². The molecule has 7 nitrogen and oxygen atoms in total. The summed E-state index contributed by atoms with van der Waals surface area (Å²) in [4.78, 5) is 22.9. The number of nitro benzene ring substituents is 1. The van der Waals surface area contributed by atoms with E-state index in [2.05, 4.69) is 0 Å². The molecule has 0 aliphatic carbocycles. The molecule has 0 saturated carbocycles. The van der Waals surface area contributed by atoms with Gasteiger partial charge in [0.2, 0.25) is 5.76 Å². The van der Waals surface area contributed by atoms with E-state index in [1.165, 1.54) is 12.1 Å². The maximum Gasteiger partial charge on any atom is 0.374 e. The highest BCUT2D eigenvalue weighted by atomic mass is 16.6. The molecule has 0 amide bonds. The van der Waals surface area contributed by atoms with Gasteiger partial charge in [0.05, 0.1) is 17.6 Å². The summed E-state index contributed by atoms with van der Waals surface area (Å²) in [5.41, 5.74) is 1.66. The number of benzene rings is 2. The number of hydrogen-bond acceptors (Lipinski definition) is 6. The average Bonchev–Trinajstić information content (AvgIpc) is 3.03. The van der Waals surface area contributed by atoms with Crippen LogP contribution in [0.2, 0.25) is 0 Å². The third kappa shape index (κ3) is 4.32. The number of hydrogen-bond donors (Lipinski definition) is 0. The Kier molecular flexibility index (Phi) is 5.52. The minimum Gasteiger partial charge on any atom is -0.455 e. The molecular formula is C20H19NO6. The number of nitro groups is 1. The van der Waals surface area contributed by atoms with Crippen LogP contribution in [0.15, 0.2) is 52.9 Å². The lowest BCUT2D eigenvalue weighted by atomic mass is 10.1. The Morgan fingerprint density at radius 3 is 2.67 bits per heavy atom. The summed E-state index contributed by atoms with van der Waals surface area (Å²) in [6.07, 6.45) is -0.00704. The van der Waals surface area contributed by atoms with Crippen molar-refractivity contribution in [2.45, 2.75) is 33.2 Å². The van der Waals surface area contributed by atoms with Crippen LogP contribution in [0.4, 0.5) is 5.69 Å². The van der Waals surface area contributed by atoms with Gasteiger partial charge < -0.3 is 13.9 Å². The Morgan fingerprint density at radius 2 is 1.93 bits per heavy atom. The summed E-state index contributed by atoms with van der Waals surface area (Å²) >= 11 is 0. The zero-order chi connectivity index (χ0) is 19.4. The minimum atomic E-state index is -0.639. The van der Waals surface area contributed by atoms with E-state index in [9.17, 15) is 14.9 Å². The summed E-state index contributed by atoms with van der Waals surface area (Å²) in [5, 5.41) is 11.6. The molecule has 0 aliphatic heterocycles. The Bertz CT molecular complexity index is 976. The smallest absolute Gasteiger partial charge is 0.374 e. The number of nitrogens with zero attached hydrogens (tertiary/aromatic N) is 1. The van der Waals surface area contributed by atoms with E-state index >= 15 is 0 Å². The van der Waals surface area contributed by atoms with Crippen molar-refractivity contribution in [3.63, 3.8) is 0 Å². The number of fused-ring (bicyclic) bond motifs is 1. The molecule has 140 valence electrons. The number of carbonyl (C=O) groups excluding carboxylic acids is 1. The zero-order valence-electron chi connectivity index (χ0n) is 15.0. The second-order valence-corrected chi connectivity index (χ2v) is 6.27. The third-order valence-corrected chi connectivity index (χ3v) is 3.94. The first-order valence-corrected chi connectivity index (χ1v) is 8.48. The van der Waals surface area contributed by atoms with Gasteiger partial charge in [-0.25, -0.2) is 4.79 Å². The van der Waals surface area contributed by atoms with Crippen LogP contribution in [-0.2, 0) is 22.7 Å². The number of ether oxygens (including phenoxy) is 2. The number of rotatable bonds is 7. The summed E-state index contributed by atoms with van der Waals surface area (Å²) < 4.78 is 16.6. The summed E-state index contributed by atoms with van der Waals surface area (Å²) in [6, 6.07) is 13.2. The molecule has 2 aromatic carbocycles. The molecule has 0 spiro atoms. The van der Waals surface area contributed by atoms with E-state index in [1.807, 2.05) is 32.0 Å². The van der Waals surface area contributed by atoms with Gasteiger partial charge in [0.15, 0.2) is 0 Å². The monoisotopic (exact) mass is 369 g/mol. The van der Waals surface area contributed by atoms with E-state index in [4.69, 9.17) is 13.9 Å². The zero-order valence-corrected chi connectivity index (χ0v) is 15.0. The topological polar surface area (TPSA) is 91.8 Å². The standard InChI is InChI=1S/C20H19NO6/c1-13(2)25-12-17-16-8-3-4-9-18(16)27-19(17)20(22)26-11-14-6-5-7-15(10-14)21(23)24/h3-10,13H,11-12H2,1-2H3. The molecule has 7 heteroatoms.